The molecule has 2 atom stereocenters. The maximum absolute atomic E-state index is 13.5. The Labute approximate surface area is 128 Å². The summed E-state index contributed by atoms with van der Waals surface area (Å²) in [5, 5.41) is 15.0. The van der Waals surface area contributed by atoms with Gasteiger partial charge in [-0.15, -0.1) is 0 Å². The SMILES string of the molecule is Cc1ccc(C(C)NC(=O)NCC(O)c2ccco2)cc1F. The van der Waals surface area contributed by atoms with E-state index in [9.17, 15) is 14.3 Å². The number of aryl methyl sites for hydroxylation is 1. The first kappa shape index (κ1) is 16.0. The lowest BCUT2D eigenvalue weighted by molar-refractivity contribution is 0.147. The van der Waals surface area contributed by atoms with Gasteiger partial charge in [0.15, 0.2) is 0 Å². The third-order valence-electron chi connectivity index (χ3n) is 3.37. The Morgan fingerprint density at radius 3 is 2.82 bits per heavy atom. The van der Waals surface area contributed by atoms with Gasteiger partial charge < -0.3 is 20.2 Å². The molecular weight excluding hydrogens is 287 g/mol. The van der Waals surface area contributed by atoms with Crippen molar-refractivity contribution < 1.29 is 18.7 Å². The fourth-order valence-electron chi connectivity index (χ4n) is 1.98. The molecule has 6 heteroatoms. The lowest BCUT2D eigenvalue weighted by Crippen LogP contribution is -2.39. The lowest BCUT2D eigenvalue weighted by Gasteiger charge is -2.16. The van der Waals surface area contributed by atoms with E-state index in [-0.39, 0.29) is 18.4 Å². The van der Waals surface area contributed by atoms with E-state index in [1.54, 1.807) is 38.1 Å². The Morgan fingerprint density at radius 1 is 1.41 bits per heavy atom. The summed E-state index contributed by atoms with van der Waals surface area (Å²) < 4.78 is 18.6. The van der Waals surface area contributed by atoms with Gasteiger partial charge in [-0.3, -0.25) is 0 Å². The van der Waals surface area contributed by atoms with Gasteiger partial charge in [-0.1, -0.05) is 12.1 Å². The summed E-state index contributed by atoms with van der Waals surface area (Å²) in [4.78, 5) is 11.8. The average molecular weight is 306 g/mol. The van der Waals surface area contributed by atoms with E-state index in [0.29, 0.717) is 16.9 Å². The van der Waals surface area contributed by atoms with E-state index in [0.717, 1.165) is 0 Å². The zero-order chi connectivity index (χ0) is 16.1. The molecule has 1 aromatic heterocycles. The Balaban J connectivity index is 1.84. The first-order chi connectivity index (χ1) is 10.5. The molecule has 2 aromatic rings. The van der Waals surface area contributed by atoms with Gasteiger partial charge in [-0.2, -0.15) is 0 Å². The molecule has 0 saturated carbocycles. The minimum atomic E-state index is -0.909. The van der Waals surface area contributed by atoms with Gasteiger partial charge in [-0.05, 0) is 43.2 Å². The van der Waals surface area contributed by atoms with Gasteiger partial charge in [-0.25, -0.2) is 9.18 Å². The molecule has 22 heavy (non-hydrogen) atoms. The van der Waals surface area contributed by atoms with E-state index in [2.05, 4.69) is 10.6 Å². The molecule has 1 aromatic carbocycles. The summed E-state index contributed by atoms with van der Waals surface area (Å²) in [6.07, 6.45) is 0.542. The van der Waals surface area contributed by atoms with Gasteiger partial charge in [0.05, 0.1) is 18.8 Å². The average Bonchev–Trinajstić information content (AvgIpc) is 3.02. The molecule has 0 bridgehead atoms. The number of halogens is 1. The quantitative estimate of drug-likeness (QED) is 0.795. The normalized spacial score (nSPS) is 13.5. The Kier molecular flexibility index (Phi) is 5.16. The molecule has 0 aliphatic heterocycles. The number of hydrogen-bond donors (Lipinski definition) is 3. The van der Waals surface area contributed by atoms with Crippen molar-refractivity contribution in [2.24, 2.45) is 0 Å². The van der Waals surface area contributed by atoms with Crippen LogP contribution in [-0.4, -0.2) is 17.7 Å². The second-order valence-electron chi connectivity index (χ2n) is 5.12. The molecular formula is C16H19FN2O3. The Hall–Kier alpha value is -2.34. The third kappa shape index (κ3) is 4.08. The first-order valence-electron chi connectivity index (χ1n) is 6.99. The monoisotopic (exact) mass is 306 g/mol. The highest BCUT2D eigenvalue weighted by atomic mass is 19.1. The van der Waals surface area contributed by atoms with Crippen LogP contribution in [0, 0.1) is 12.7 Å². The zero-order valence-electron chi connectivity index (χ0n) is 12.5. The lowest BCUT2D eigenvalue weighted by atomic mass is 10.1. The highest BCUT2D eigenvalue weighted by molar-refractivity contribution is 5.74. The molecule has 2 rings (SSSR count). The maximum Gasteiger partial charge on any atom is 0.315 e. The highest BCUT2D eigenvalue weighted by Gasteiger charge is 2.14. The van der Waals surface area contributed by atoms with E-state index in [1.807, 2.05) is 0 Å². The van der Waals surface area contributed by atoms with Crippen LogP contribution in [0.4, 0.5) is 9.18 Å². The minimum absolute atomic E-state index is 0.0221. The number of furan rings is 1. The number of carbonyl (C=O) groups excluding carboxylic acids is 1. The third-order valence-corrected chi connectivity index (χ3v) is 3.37. The van der Waals surface area contributed by atoms with Gasteiger partial charge in [0.25, 0.3) is 0 Å². The fraction of sp³-hybridized carbons (Fsp3) is 0.312. The van der Waals surface area contributed by atoms with Crippen molar-refractivity contribution in [3.05, 3.63) is 59.3 Å². The number of nitrogens with one attached hydrogen (secondary N) is 2. The second kappa shape index (κ2) is 7.09. The van der Waals surface area contributed by atoms with Crippen molar-refractivity contribution in [2.45, 2.75) is 26.0 Å². The van der Waals surface area contributed by atoms with Gasteiger partial charge >= 0.3 is 6.03 Å². The van der Waals surface area contributed by atoms with E-state index in [4.69, 9.17) is 4.42 Å². The van der Waals surface area contributed by atoms with Crippen LogP contribution in [0.5, 0.6) is 0 Å². The molecule has 2 amide bonds. The predicted octanol–water partition coefficient (Wildman–Crippen LogP) is 2.82. The molecule has 0 spiro atoms. The maximum atomic E-state index is 13.5. The van der Waals surface area contributed by atoms with Crippen molar-refractivity contribution in [1.29, 1.82) is 0 Å². The van der Waals surface area contributed by atoms with Crippen molar-refractivity contribution in [1.82, 2.24) is 10.6 Å². The molecule has 0 aliphatic rings. The topological polar surface area (TPSA) is 74.5 Å². The fourth-order valence-corrected chi connectivity index (χ4v) is 1.98. The standard InChI is InChI=1S/C16H19FN2O3/c1-10-5-6-12(8-13(10)17)11(2)19-16(21)18-9-14(20)15-4-3-7-22-15/h3-8,11,14,20H,9H2,1-2H3,(H2,18,19,21). The molecule has 0 aliphatic carbocycles. The number of aliphatic hydroxyl groups excluding tert-OH is 1. The highest BCUT2D eigenvalue weighted by Crippen LogP contribution is 2.16. The summed E-state index contributed by atoms with van der Waals surface area (Å²) in [5.41, 5.74) is 1.23. The van der Waals surface area contributed by atoms with Crippen LogP contribution in [0.3, 0.4) is 0 Å². The van der Waals surface area contributed by atoms with Crippen molar-refractivity contribution in [3.63, 3.8) is 0 Å². The van der Waals surface area contributed by atoms with Gasteiger partial charge in [0, 0.05) is 0 Å². The smallest absolute Gasteiger partial charge is 0.315 e. The summed E-state index contributed by atoms with van der Waals surface area (Å²) in [6, 6.07) is 7.32. The summed E-state index contributed by atoms with van der Waals surface area (Å²) in [7, 11) is 0. The van der Waals surface area contributed by atoms with E-state index < -0.39 is 12.1 Å². The molecule has 1 heterocycles. The molecule has 3 N–H and O–H groups in total. The van der Waals surface area contributed by atoms with Crippen LogP contribution in [-0.2, 0) is 0 Å². The minimum Gasteiger partial charge on any atom is -0.467 e. The molecule has 118 valence electrons. The predicted molar refractivity (Wildman–Crippen MR) is 79.8 cm³/mol. The van der Waals surface area contributed by atoms with Crippen LogP contribution in [0.1, 0.15) is 36.0 Å². The van der Waals surface area contributed by atoms with E-state index >= 15 is 0 Å². The summed E-state index contributed by atoms with van der Waals surface area (Å²) >= 11 is 0. The number of amides is 2. The number of hydrogen-bond acceptors (Lipinski definition) is 3. The van der Waals surface area contributed by atoms with E-state index in [1.165, 1.54) is 12.3 Å². The number of aliphatic hydroxyl groups is 1. The molecule has 0 radical (unpaired) electrons. The number of rotatable bonds is 5. The van der Waals surface area contributed by atoms with Crippen LogP contribution in [0.25, 0.3) is 0 Å². The first-order valence-corrected chi connectivity index (χ1v) is 6.99. The number of benzene rings is 1. The van der Waals surface area contributed by atoms with Gasteiger partial charge in [0.1, 0.15) is 17.7 Å². The number of urea groups is 1. The van der Waals surface area contributed by atoms with Crippen molar-refractivity contribution >= 4 is 6.03 Å². The Morgan fingerprint density at radius 2 is 2.18 bits per heavy atom. The molecule has 2 unspecified atom stereocenters. The van der Waals surface area contributed by atoms with Crippen molar-refractivity contribution in [3.8, 4) is 0 Å². The van der Waals surface area contributed by atoms with Crippen LogP contribution in [0.15, 0.2) is 41.0 Å². The molecule has 0 fully saturated rings. The van der Waals surface area contributed by atoms with Crippen LogP contribution < -0.4 is 10.6 Å². The largest absolute Gasteiger partial charge is 0.467 e. The molecule has 0 saturated heterocycles. The number of carbonyl (C=O) groups is 1. The summed E-state index contributed by atoms with van der Waals surface area (Å²) in [5.74, 6) is 0.0775. The van der Waals surface area contributed by atoms with Crippen molar-refractivity contribution in [2.75, 3.05) is 6.54 Å². The van der Waals surface area contributed by atoms with Crippen LogP contribution >= 0.6 is 0 Å². The Bertz CT molecular complexity index is 628. The van der Waals surface area contributed by atoms with Gasteiger partial charge in [0.2, 0.25) is 0 Å². The second-order valence-corrected chi connectivity index (χ2v) is 5.12. The zero-order valence-corrected chi connectivity index (χ0v) is 12.5. The van der Waals surface area contributed by atoms with Crippen LogP contribution in [0.2, 0.25) is 0 Å². The molecule has 5 nitrogen and oxygen atoms in total. The summed E-state index contributed by atoms with van der Waals surface area (Å²) in [6.45, 7) is 3.46.